The molecule has 1 aliphatic rings. The summed E-state index contributed by atoms with van der Waals surface area (Å²) in [6.07, 6.45) is 8.46. The van der Waals surface area contributed by atoms with E-state index in [0.29, 0.717) is 49.2 Å². The second kappa shape index (κ2) is 16.5. The zero-order valence-electron chi connectivity index (χ0n) is 21.1. The standard InChI is InChI=1S/C26H39N5O5/c1-31(23-12-13-25(35)30-26(23)36)17-21-20(18-32)9-7-10-22(21)29-24(34)11-5-3-2-4-6-14-27-15-8-16-28-19-33/h7,9-10,18-19,23,27H,2-6,8,11-17H2,1H3,(H,28,33)(H,29,34)(H,30,35,36). The number of amides is 4. The van der Waals surface area contributed by atoms with Crippen molar-refractivity contribution in [3.05, 3.63) is 29.3 Å². The van der Waals surface area contributed by atoms with Crippen molar-refractivity contribution in [2.24, 2.45) is 0 Å². The summed E-state index contributed by atoms with van der Waals surface area (Å²) in [4.78, 5) is 59.8. The maximum absolute atomic E-state index is 12.6. The first kappa shape index (κ1) is 29.1. The molecule has 1 heterocycles. The van der Waals surface area contributed by atoms with Gasteiger partial charge in [0.25, 0.3) is 0 Å². The highest BCUT2D eigenvalue weighted by Crippen LogP contribution is 2.23. The number of unbranched alkanes of at least 4 members (excludes halogenated alkanes) is 4. The molecule has 0 saturated carbocycles. The van der Waals surface area contributed by atoms with Crippen LogP contribution in [0.25, 0.3) is 0 Å². The molecule has 2 rings (SSSR count). The largest absolute Gasteiger partial charge is 0.359 e. The Labute approximate surface area is 212 Å². The molecule has 1 aliphatic heterocycles. The maximum atomic E-state index is 12.6. The van der Waals surface area contributed by atoms with E-state index in [9.17, 15) is 24.0 Å². The molecule has 10 nitrogen and oxygen atoms in total. The van der Waals surface area contributed by atoms with E-state index >= 15 is 0 Å². The van der Waals surface area contributed by atoms with Crippen LogP contribution in [0.3, 0.4) is 0 Å². The van der Waals surface area contributed by atoms with Crippen molar-refractivity contribution < 1.29 is 24.0 Å². The van der Waals surface area contributed by atoms with Crippen LogP contribution in [0.4, 0.5) is 5.69 Å². The van der Waals surface area contributed by atoms with Crippen LogP contribution in [0.1, 0.15) is 73.7 Å². The lowest BCUT2D eigenvalue weighted by molar-refractivity contribution is -0.137. The molecule has 4 amide bonds. The molecule has 0 bridgehead atoms. The molecule has 1 aromatic carbocycles. The molecule has 1 unspecified atom stereocenters. The molecular weight excluding hydrogens is 462 g/mol. The minimum atomic E-state index is -0.472. The molecule has 1 saturated heterocycles. The zero-order chi connectivity index (χ0) is 26.2. The third-order valence-electron chi connectivity index (χ3n) is 6.28. The van der Waals surface area contributed by atoms with Crippen molar-refractivity contribution in [1.29, 1.82) is 0 Å². The summed E-state index contributed by atoms with van der Waals surface area (Å²) in [5.41, 5.74) is 1.68. The van der Waals surface area contributed by atoms with E-state index < -0.39 is 6.04 Å². The number of hydrogen-bond donors (Lipinski definition) is 4. The number of carbonyl (C=O) groups excluding carboxylic acids is 5. The molecule has 36 heavy (non-hydrogen) atoms. The number of rotatable bonds is 18. The zero-order valence-corrected chi connectivity index (χ0v) is 21.1. The van der Waals surface area contributed by atoms with Crippen molar-refractivity contribution in [3.63, 3.8) is 0 Å². The number of nitrogens with zero attached hydrogens (tertiary/aromatic N) is 1. The SMILES string of the molecule is CN(Cc1c(C=O)cccc1NC(=O)CCCCCCCNCCCNC=O)C1CCC(=O)NC1=O. The number of hydrogen-bond acceptors (Lipinski definition) is 7. The second-order valence-corrected chi connectivity index (χ2v) is 9.11. The monoisotopic (exact) mass is 501 g/mol. The fourth-order valence-electron chi connectivity index (χ4n) is 4.25. The van der Waals surface area contributed by atoms with Crippen LogP contribution < -0.4 is 21.3 Å². The molecule has 1 aromatic rings. The van der Waals surface area contributed by atoms with Gasteiger partial charge in [-0.15, -0.1) is 0 Å². The second-order valence-electron chi connectivity index (χ2n) is 9.11. The van der Waals surface area contributed by atoms with Gasteiger partial charge in [0.05, 0.1) is 6.04 Å². The topological polar surface area (TPSA) is 137 Å². The van der Waals surface area contributed by atoms with Crippen LogP contribution in [0.5, 0.6) is 0 Å². The van der Waals surface area contributed by atoms with E-state index in [0.717, 1.165) is 57.9 Å². The molecule has 0 aromatic heterocycles. The third kappa shape index (κ3) is 10.2. The number of piperidine rings is 1. The molecule has 0 spiro atoms. The number of imide groups is 1. The van der Waals surface area contributed by atoms with E-state index in [1.54, 1.807) is 30.1 Å². The van der Waals surface area contributed by atoms with Gasteiger partial charge in [0.15, 0.2) is 0 Å². The van der Waals surface area contributed by atoms with Gasteiger partial charge in [-0.05, 0) is 51.9 Å². The Bertz CT molecular complexity index is 891. The first-order valence-corrected chi connectivity index (χ1v) is 12.7. The van der Waals surface area contributed by atoms with Crippen molar-refractivity contribution >= 4 is 36.1 Å². The highest BCUT2D eigenvalue weighted by Gasteiger charge is 2.30. The predicted octanol–water partition coefficient (Wildman–Crippen LogP) is 1.74. The molecule has 198 valence electrons. The van der Waals surface area contributed by atoms with E-state index in [1.807, 2.05) is 0 Å². The Balaban J connectivity index is 1.74. The molecule has 1 fully saturated rings. The summed E-state index contributed by atoms with van der Waals surface area (Å²) in [6, 6.07) is 4.70. The summed E-state index contributed by atoms with van der Waals surface area (Å²) in [5.74, 6) is -0.720. The fraction of sp³-hybridized carbons (Fsp3) is 0.577. The van der Waals surface area contributed by atoms with E-state index in [-0.39, 0.29) is 24.1 Å². The van der Waals surface area contributed by atoms with Crippen molar-refractivity contribution in [2.45, 2.75) is 70.4 Å². The molecule has 0 radical (unpaired) electrons. The Morgan fingerprint density at radius 3 is 2.56 bits per heavy atom. The van der Waals surface area contributed by atoms with Crippen LogP contribution in [-0.4, -0.2) is 68.0 Å². The van der Waals surface area contributed by atoms with Gasteiger partial charge in [0.1, 0.15) is 6.29 Å². The average Bonchev–Trinajstić information content (AvgIpc) is 2.85. The van der Waals surface area contributed by atoms with E-state index in [4.69, 9.17) is 0 Å². The quantitative estimate of drug-likeness (QED) is 0.137. The summed E-state index contributed by atoms with van der Waals surface area (Å²) in [7, 11) is 1.77. The number of anilines is 1. The summed E-state index contributed by atoms with van der Waals surface area (Å²) in [5, 5.41) is 11.3. The first-order chi connectivity index (χ1) is 17.5. The Morgan fingerprint density at radius 2 is 1.81 bits per heavy atom. The molecule has 10 heteroatoms. The molecule has 1 atom stereocenters. The van der Waals surface area contributed by atoms with Gasteiger partial charge in [-0.1, -0.05) is 31.4 Å². The van der Waals surface area contributed by atoms with Crippen LogP contribution in [0, 0.1) is 0 Å². The van der Waals surface area contributed by atoms with Crippen molar-refractivity contribution in [3.8, 4) is 0 Å². The normalized spacial score (nSPS) is 15.4. The smallest absolute Gasteiger partial charge is 0.243 e. The Kier molecular flexibility index (Phi) is 13.4. The number of aldehydes is 1. The van der Waals surface area contributed by atoms with Gasteiger partial charge in [0, 0.05) is 42.7 Å². The van der Waals surface area contributed by atoms with Crippen LogP contribution in [0.2, 0.25) is 0 Å². The van der Waals surface area contributed by atoms with Crippen LogP contribution >= 0.6 is 0 Å². The summed E-state index contributed by atoms with van der Waals surface area (Å²) in [6.45, 7) is 2.82. The minimum absolute atomic E-state index is 0.103. The summed E-state index contributed by atoms with van der Waals surface area (Å²) < 4.78 is 0. The first-order valence-electron chi connectivity index (χ1n) is 12.7. The summed E-state index contributed by atoms with van der Waals surface area (Å²) >= 11 is 0. The highest BCUT2D eigenvalue weighted by atomic mass is 16.2. The lowest BCUT2D eigenvalue weighted by Gasteiger charge is -2.30. The van der Waals surface area contributed by atoms with Gasteiger partial charge in [-0.3, -0.25) is 34.2 Å². The van der Waals surface area contributed by atoms with Gasteiger partial charge in [-0.25, -0.2) is 0 Å². The average molecular weight is 502 g/mol. The number of carbonyl (C=O) groups is 5. The lowest BCUT2D eigenvalue weighted by atomic mass is 10.0. The molecule has 0 aliphatic carbocycles. The number of benzene rings is 1. The highest BCUT2D eigenvalue weighted by molar-refractivity contribution is 6.00. The van der Waals surface area contributed by atoms with Gasteiger partial charge in [-0.2, -0.15) is 0 Å². The van der Waals surface area contributed by atoms with Gasteiger partial charge in [0.2, 0.25) is 24.1 Å². The third-order valence-corrected chi connectivity index (χ3v) is 6.28. The Morgan fingerprint density at radius 1 is 1.06 bits per heavy atom. The van der Waals surface area contributed by atoms with Gasteiger partial charge >= 0.3 is 0 Å². The van der Waals surface area contributed by atoms with Crippen molar-refractivity contribution in [1.82, 2.24) is 20.9 Å². The molecule has 4 N–H and O–H groups in total. The fourth-order valence-corrected chi connectivity index (χ4v) is 4.25. The predicted molar refractivity (Wildman–Crippen MR) is 137 cm³/mol. The van der Waals surface area contributed by atoms with Crippen LogP contribution in [0.15, 0.2) is 18.2 Å². The van der Waals surface area contributed by atoms with Crippen molar-refractivity contribution in [2.75, 3.05) is 32.0 Å². The van der Waals surface area contributed by atoms with Gasteiger partial charge < -0.3 is 16.0 Å². The number of likely N-dealkylation sites (N-methyl/N-ethyl adjacent to an activating group) is 1. The minimum Gasteiger partial charge on any atom is -0.359 e. The van der Waals surface area contributed by atoms with Crippen LogP contribution in [-0.2, 0) is 25.7 Å². The van der Waals surface area contributed by atoms with E-state index in [1.165, 1.54) is 0 Å². The lowest BCUT2D eigenvalue weighted by Crippen LogP contribution is -2.51. The maximum Gasteiger partial charge on any atom is 0.243 e. The Hall–Kier alpha value is -3.11. The number of nitrogens with one attached hydrogen (secondary N) is 4. The van der Waals surface area contributed by atoms with E-state index in [2.05, 4.69) is 21.3 Å². The molecular formula is C26H39N5O5.